The second-order valence-corrected chi connectivity index (χ2v) is 7.58. The predicted molar refractivity (Wildman–Crippen MR) is 104 cm³/mol. The van der Waals surface area contributed by atoms with Crippen LogP contribution in [0.2, 0.25) is 0 Å². The lowest BCUT2D eigenvalue weighted by Gasteiger charge is -2.25. The molecule has 0 radical (unpaired) electrons. The number of hydrogen-bond acceptors (Lipinski definition) is 4. The summed E-state index contributed by atoms with van der Waals surface area (Å²) in [4.78, 5) is 33.2. The fourth-order valence-corrected chi connectivity index (χ4v) is 3.43. The smallest absolute Gasteiger partial charge is 0.254 e. The van der Waals surface area contributed by atoms with Crippen molar-refractivity contribution in [1.82, 2.24) is 14.8 Å². The molecule has 0 spiro atoms. The Kier molecular flexibility index (Phi) is 5.67. The van der Waals surface area contributed by atoms with Gasteiger partial charge in [0.1, 0.15) is 6.54 Å². The molecule has 2 amide bonds. The topological polar surface area (TPSA) is 62.7 Å². The van der Waals surface area contributed by atoms with E-state index in [9.17, 15) is 9.59 Å². The second kappa shape index (κ2) is 8.52. The van der Waals surface area contributed by atoms with Gasteiger partial charge in [-0.3, -0.25) is 14.6 Å². The van der Waals surface area contributed by atoms with Crippen molar-refractivity contribution in [3.8, 4) is 0 Å². The lowest BCUT2D eigenvalue weighted by Crippen LogP contribution is -2.39. The predicted octanol–water partition coefficient (Wildman–Crippen LogP) is 2.36. The lowest BCUT2D eigenvalue weighted by atomic mass is 10.2. The van der Waals surface area contributed by atoms with Gasteiger partial charge in [0.25, 0.3) is 5.91 Å². The first-order valence-corrected chi connectivity index (χ1v) is 9.81. The maximum atomic E-state index is 12.9. The minimum atomic E-state index is -0.179. The van der Waals surface area contributed by atoms with Gasteiger partial charge in [-0.25, -0.2) is 0 Å². The summed E-state index contributed by atoms with van der Waals surface area (Å²) in [6, 6.07) is 13.3. The first kappa shape index (κ1) is 18.6. The number of amides is 2. The highest BCUT2D eigenvalue weighted by molar-refractivity contribution is 5.96. The highest BCUT2D eigenvalue weighted by Crippen LogP contribution is 2.29. The zero-order valence-corrected chi connectivity index (χ0v) is 15.9. The van der Waals surface area contributed by atoms with E-state index in [4.69, 9.17) is 4.74 Å². The fourth-order valence-electron chi connectivity index (χ4n) is 3.43. The molecule has 2 heterocycles. The van der Waals surface area contributed by atoms with E-state index in [0.29, 0.717) is 37.7 Å². The molecule has 2 aliphatic rings. The summed E-state index contributed by atoms with van der Waals surface area (Å²) in [5.41, 5.74) is 1.62. The van der Waals surface area contributed by atoms with Crippen LogP contribution in [0.5, 0.6) is 0 Å². The number of rotatable bonds is 6. The number of ether oxygens (including phenoxy) is 1. The number of hydrogen-bond donors (Lipinski definition) is 0. The molecule has 1 unspecified atom stereocenters. The van der Waals surface area contributed by atoms with E-state index in [1.807, 2.05) is 35.2 Å². The van der Waals surface area contributed by atoms with Gasteiger partial charge in [0, 0.05) is 44.2 Å². The molecule has 28 heavy (non-hydrogen) atoms. The van der Waals surface area contributed by atoms with Crippen molar-refractivity contribution >= 4 is 11.8 Å². The first-order chi connectivity index (χ1) is 13.7. The Labute approximate surface area is 165 Å². The van der Waals surface area contributed by atoms with Gasteiger partial charge in [-0.1, -0.05) is 30.3 Å². The van der Waals surface area contributed by atoms with E-state index in [0.717, 1.165) is 5.56 Å². The molecule has 146 valence electrons. The van der Waals surface area contributed by atoms with E-state index in [-0.39, 0.29) is 24.5 Å². The molecule has 1 aromatic carbocycles. The van der Waals surface area contributed by atoms with Crippen LogP contribution in [0.4, 0.5) is 0 Å². The Morgan fingerprint density at radius 1 is 1.07 bits per heavy atom. The van der Waals surface area contributed by atoms with E-state index in [1.165, 1.54) is 12.8 Å². The summed E-state index contributed by atoms with van der Waals surface area (Å²) in [7, 11) is 0. The molecule has 2 aromatic rings. The normalized spacial score (nSPS) is 20.1. The van der Waals surface area contributed by atoms with Crippen molar-refractivity contribution < 1.29 is 14.3 Å². The number of carbonyl (C=O) groups excluding carboxylic acids is 2. The van der Waals surface area contributed by atoms with Crippen LogP contribution < -0.4 is 0 Å². The zero-order valence-electron chi connectivity index (χ0n) is 15.9. The van der Waals surface area contributed by atoms with Crippen LogP contribution >= 0.6 is 0 Å². The van der Waals surface area contributed by atoms with Gasteiger partial charge in [0.05, 0.1) is 6.10 Å². The third-order valence-corrected chi connectivity index (χ3v) is 5.22. The average molecular weight is 379 g/mol. The molecule has 6 heteroatoms. The van der Waals surface area contributed by atoms with Crippen LogP contribution in [0.15, 0.2) is 54.9 Å². The summed E-state index contributed by atoms with van der Waals surface area (Å²) >= 11 is 0. The first-order valence-electron chi connectivity index (χ1n) is 9.81. The monoisotopic (exact) mass is 379 g/mol. The van der Waals surface area contributed by atoms with Crippen LogP contribution in [-0.2, 0) is 16.1 Å². The molecule has 6 nitrogen and oxygen atoms in total. The van der Waals surface area contributed by atoms with Gasteiger partial charge < -0.3 is 14.5 Å². The molecule has 1 aliphatic heterocycles. The Morgan fingerprint density at radius 2 is 1.82 bits per heavy atom. The molecule has 4 rings (SSSR count). The Morgan fingerprint density at radius 3 is 2.54 bits per heavy atom. The van der Waals surface area contributed by atoms with E-state index >= 15 is 0 Å². The van der Waals surface area contributed by atoms with Crippen LogP contribution in [0.25, 0.3) is 0 Å². The van der Waals surface area contributed by atoms with Crippen molar-refractivity contribution in [2.24, 2.45) is 5.92 Å². The highest BCUT2D eigenvalue weighted by Gasteiger charge is 2.32. The molecule has 0 N–H and O–H groups in total. The van der Waals surface area contributed by atoms with Gasteiger partial charge in [-0.15, -0.1) is 0 Å². The molecule has 1 aliphatic carbocycles. The average Bonchev–Trinajstić information content (AvgIpc) is 3.56. The van der Waals surface area contributed by atoms with E-state index in [2.05, 4.69) is 4.98 Å². The van der Waals surface area contributed by atoms with E-state index in [1.54, 1.807) is 29.4 Å². The van der Waals surface area contributed by atoms with Crippen molar-refractivity contribution in [3.05, 3.63) is 66.0 Å². The third kappa shape index (κ3) is 4.75. The summed E-state index contributed by atoms with van der Waals surface area (Å²) < 4.78 is 6.12. The summed E-state index contributed by atoms with van der Waals surface area (Å²) in [5, 5.41) is 0. The van der Waals surface area contributed by atoms with Gasteiger partial charge in [-0.2, -0.15) is 0 Å². The maximum absolute atomic E-state index is 12.9. The Balaban J connectivity index is 1.51. The van der Waals surface area contributed by atoms with Crippen LogP contribution in [0.3, 0.4) is 0 Å². The van der Waals surface area contributed by atoms with Crippen molar-refractivity contribution in [2.75, 3.05) is 26.2 Å². The molecule has 1 atom stereocenters. The van der Waals surface area contributed by atoms with Gasteiger partial charge >= 0.3 is 0 Å². The molecule has 1 saturated carbocycles. The van der Waals surface area contributed by atoms with Gasteiger partial charge in [-0.05, 0) is 36.5 Å². The third-order valence-electron chi connectivity index (χ3n) is 5.22. The van der Waals surface area contributed by atoms with E-state index < -0.39 is 0 Å². The molecular formula is C22H25N3O3. The molecule has 0 bridgehead atoms. The number of aromatic nitrogens is 1. The highest BCUT2D eigenvalue weighted by atomic mass is 16.5. The van der Waals surface area contributed by atoms with Crippen molar-refractivity contribution in [1.29, 1.82) is 0 Å². The van der Waals surface area contributed by atoms with Gasteiger partial charge in [0.2, 0.25) is 5.91 Å². The maximum Gasteiger partial charge on any atom is 0.254 e. The standard InChI is InChI=1S/C22H25N3O3/c26-21-15-25(22(27)19-8-10-23-11-9-19)14-20(28-16-18-6-7-18)13-24(21)12-17-4-2-1-3-5-17/h1-5,8-11,18,20H,6-7,12-16H2. The molecular weight excluding hydrogens is 354 g/mol. The second-order valence-electron chi connectivity index (χ2n) is 7.58. The number of nitrogens with zero attached hydrogens (tertiary/aromatic N) is 3. The van der Waals surface area contributed by atoms with Crippen LogP contribution in [-0.4, -0.2) is 58.9 Å². The minimum absolute atomic E-state index is 0.0521. The molecule has 1 aromatic heterocycles. The SMILES string of the molecule is O=C1CN(C(=O)c2ccncc2)CC(OCC2CC2)CN1Cc1ccccc1. The minimum Gasteiger partial charge on any atom is -0.374 e. The quantitative estimate of drug-likeness (QED) is 0.773. The summed E-state index contributed by atoms with van der Waals surface area (Å²) in [6.45, 7) is 2.22. The largest absolute Gasteiger partial charge is 0.374 e. The molecule has 1 saturated heterocycles. The fraction of sp³-hybridized carbons (Fsp3) is 0.409. The summed E-state index contributed by atoms with van der Waals surface area (Å²) in [6.07, 6.45) is 5.42. The van der Waals surface area contributed by atoms with Crippen molar-refractivity contribution in [2.45, 2.75) is 25.5 Å². The Bertz CT molecular complexity index is 808. The number of benzene rings is 1. The summed E-state index contributed by atoms with van der Waals surface area (Å²) in [5.74, 6) is 0.423. The van der Waals surface area contributed by atoms with Gasteiger partial charge in [0.15, 0.2) is 0 Å². The number of pyridine rings is 1. The van der Waals surface area contributed by atoms with Crippen LogP contribution in [0.1, 0.15) is 28.8 Å². The number of carbonyl (C=O) groups is 2. The molecule has 2 fully saturated rings. The van der Waals surface area contributed by atoms with Crippen LogP contribution in [0, 0.1) is 5.92 Å². The zero-order chi connectivity index (χ0) is 19.3. The lowest BCUT2D eigenvalue weighted by molar-refractivity contribution is -0.132. The Hall–Kier alpha value is -2.73. The van der Waals surface area contributed by atoms with Crippen molar-refractivity contribution in [3.63, 3.8) is 0 Å².